The van der Waals surface area contributed by atoms with Crippen LogP contribution in [0, 0.1) is 5.92 Å². The monoisotopic (exact) mass is 399 g/mol. The Kier molecular flexibility index (Phi) is 5.85. The van der Waals surface area contributed by atoms with Crippen LogP contribution in [0.25, 0.3) is 0 Å². The van der Waals surface area contributed by atoms with Crippen molar-refractivity contribution in [2.24, 2.45) is 5.92 Å². The van der Waals surface area contributed by atoms with E-state index >= 15 is 0 Å². The highest BCUT2D eigenvalue weighted by atomic mass is 16.5. The number of carbonyl (C=O) groups excluding carboxylic acids is 3. The van der Waals surface area contributed by atoms with Crippen LogP contribution in [0.4, 0.5) is 5.69 Å². The summed E-state index contributed by atoms with van der Waals surface area (Å²) in [5, 5.41) is 0. The van der Waals surface area contributed by atoms with Crippen molar-refractivity contribution in [1.82, 2.24) is 9.80 Å². The molecule has 2 heterocycles. The number of imide groups is 1. The Labute approximate surface area is 171 Å². The van der Waals surface area contributed by atoms with Crippen LogP contribution in [-0.2, 0) is 9.53 Å². The molecule has 156 valence electrons. The highest BCUT2D eigenvalue weighted by Gasteiger charge is 2.38. The first kappa shape index (κ1) is 19.9. The second kappa shape index (κ2) is 8.53. The zero-order valence-electron chi connectivity index (χ0n) is 17.1. The van der Waals surface area contributed by atoms with Crippen molar-refractivity contribution in [1.29, 1.82) is 0 Å². The van der Waals surface area contributed by atoms with Crippen molar-refractivity contribution in [3.05, 3.63) is 29.3 Å². The van der Waals surface area contributed by atoms with Gasteiger partial charge < -0.3 is 14.5 Å². The number of benzene rings is 1. The number of anilines is 1. The number of fused-ring (bicyclic) bond motifs is 1. The maximum atomic E-state index is 12.9. The molecule has 1 saturated carbocycles. The predicted octanol–water partition coefficient (Wildman–Crippen LogP) is 2.16. The first-order valence-corrected chi connectivity index (χ1v) is 10.6. The van der Waals surface area contributed by atoms with Gasteiger partial charge in [-0.05, 0) is 30.9 Å². The molecular formula is C22H29N3O4. The molecule has 1 saturated heterocycles. The highest BCUT2D eigenvalue weighted by Crippen LogP contribution is 2.33. The van der Waals surface area contributed by atoms with Crippen molar-refractivity contribution >= 4 is 23.4 Å². The van der Waals surface area contributed by atoms with Crippen molar-refractivity contribution in [2.45, 2.75) is 32.1 Å². The fourth-order valence-corrected chi connectivity index (χ4v) is 4.75. The molecular weight excluding hydrogens is 370 g/mol. The molecule has 0 aromatic heterocycles. The van der Waals surface area contributed by atoms with Gasteiger partial charge in [-0.25, -0.2) is 0 Å². The Bertz CT molecular complexity index is 795. The van der Waals surface area contributed by atoms with E-state index in [2.05, 4.69) is 4.90 Å². The smallest absolute Gasteiger partial charge is 0.263 e. The molecule has 1 aromatic rings. The molecule has 2 aliphatic heterocycles. The van der Waals surface area contributed by atoms with Gasteiger partial charge in [-0.2, -0.15) is 0 Å². The SMILES string of the molecule is COCCN1C(=O)c2cccc(N3CCN(C(=O)CC4CCCC4)CC3)c2C1=O. The molecule has 3 aliphatic rings. The standard InChI is InChI=1S/C22H29N3O4/c1-29-14-13-25-21(27)17-7-4-8-18(20(17)22(25)28)23-9-11-24(12-10-23)19(26)15-16-5-2-3-6-16/h4,7-8,16H,2-3,5-6,9-15H2,1H3. The number of carbonyl (C=O) groups is 3. The second-order valence-corrected chi connectivity index (χ2v) is 8.18. The van der Waals surface area contributed by atoms with E-state index in [0.717, 1.165) is 5.69 Å². The summed E-state index contributed by atoms with van der Waals surface area (Å²) in [6.07, 6.45) is 5.52. The average Bonchev–Trinajstić information content (AvgIpc) is 3.34. The van der Waals surface area contributed by atoms with Gasteiger partial charge in [-0.3, -0.25) is 19.3 Å². The van der Waals surface area contributed by atoms with Gasteiger partial charge in [0.2, 0.25) is 5.91 Å². The van der Waals surface area contributed by atoms with Gasteiger partial charge in [-0.15, -0.1) is 0 Å². The lowest BCUT2D eigenvalue weighted by Gasteiger charge is -2.37. The Morgan fingerprint density at radius 2 is 1.79 bits per heavy atom. The molecule has 1 aliphatic carbocycles. The lowest BCUT2D eigenvalue weighted by molar-refractivity contribution is -0.132. The van der Waals surface area contributed by atoms with Crippen LogP contribution in [0.3, 0.4) is 0 Å². The van der Waals surface area contributed by atoms with E-state index in [9.17, 15) is 14.4 Å². The molecule has 3 amide bonds. The minimum absolute atomic E-state index is 0.252. The first-order chi connectivity index (χ1) is 14.1. The van der Waals surface area contributed by atoms with E-state index in [0.29, 0.717) is 56.3 Å². The number of nitrogens with zero attached hydrogens (tertiary/aromatic N) is 3. The van der Waals surface area contributed by atoms with Gasteiger partial charge in [0.25, 0.3) is 11.8 Å². The minimum atomic E-state index is -0.255. The average molecular weight is 399 g/mol. The van der Waals surface area contributed by atoms with Gasteiger partial charge >= 0.3 is 0 Å². The number of piperazine rings is 1. The Morgan fingerprint density at radius 1 is 1.07 bits per heavy atom. The maximum absolute atomic E-state index is 12.9. The van der Waals surface area contributed by atoms with Crippen molar-refractivity contribution < 1.29 is 19.1 Å². The third-order valence-corrected chi connectivity index (χ3v) is 6.41. The van der Waals surface area contributed by atoms with E-state index in [-0.39, 0.29) is 24.3 Å². The molecule has 7 heteroatoms. The quantitative estimate of drug-likeness (QED) is 0.686. The van der Waals surface area contributed by atoms with Crippen molar-refractivity contribution in [3.63, 3.8) is 0 Å². The summed E-state index contributed by atoms with van der Waals surface area (Å²) < 4.78 is 5.03. The lowest BCUT2D eigenvalue weighted by atomic mass is 10.0. The van der Waals surface area contributed by atoms with Crippen LogP contribution in [-0.4, -0.2) is 74.0 Å². The predicted molar refractivity (Wildman–Crippen MR) is 109 cm³/mol. The number of hydrogen-bond acceptors (Lipinski definition) is 5. The summed E-state index contributed by atoms with van der Waals surface area (Å²) in [4.78, 5) is 43.5. The molecule has 29 heavy (non-hydrogen) atoms. The van der Waals surface area contributed by atoms with Crippen LogP contribution in [0.2, 0.25) is 0 Å². The molecule has 0 unspecified atom stereocenters. The van der Waals surface area contributed by atoms with E-state index in [1.807, 2.05) is 17.0 Å². The molecule has 7 nitrogen and oxygen atoms in total. The Hall–Kier alpha value is -2.41. The second-order valence-electron chi connectivity index (χ2n) is 8.18. The fourth-order valence-electron chi connectivity index (χ4n) is 4.75. The van der Waals surface area contributed by atoms with E-state index in [1.54, 1.807) is 13.2 Å². The summed E-state index contributed by atoms with van der Waals surface area (Å²) >= 11 is 0. The van der Waals surface area contributed by atoms with Gasteiger partial charge in [0.1, 0.15) is 0 Å². The van der Waals surface area contributed by atoms with Crippen LogP contribution in [0.15, 0.2) is 18.2 Å². The molecule has 4 rings (SSSR count). The zero-order chi connectivity index (χ0) is 20.4. The molecule has 0 bridgehead atoms. The summed E-state index contributed by atoms with van der Waals surface area (Å²) in [7, 11) is 1.55. The summed E-state index contributed by atoms with van der Waals surface area (Å²) in [5.74, 6) is 0.304. The van der Waals surface area contributed by atoms with Gasteiger partial charge in [0, 0.05) is 39.7 Å². The third-order valence-electron chi connectivity index (χ3n) is 6.41. The van der Waals surface area contributed by atoms with Crippen molar-refractivity contribution in [2.75, 3.05) is 51.3 Å². The normalized spacial score (nSPS) is 20.0. The highest BCUT2D eigenvalue weighted by molar-refractivity contribution is 6.23. The summed E-state index contributed by atoms with van der Waals surface area (Å²) in [6.45, 7) is 3.24. The number of rotatable bonds is 6. The number of hydrogen-bond donors (Lipinski definition) is 0. The first-order valence-electron chi connectivity index (χ1n) is 10.6. The summed E-state index contributed by atoms with van der Waals surface area (Å²) in [5.41, 5.74) is 1.74. The van der Waals surface area contributed by atoms with Crippen LogP contribution >= 0.6 is 0 Å². The van der Waals surface area contributed by atoms with Gasteiger partial charge in [-0.1, -0.05) is 18.9 Å². The van der Waals surface area contributed by atoms with Crippen LogP contribution in [0.5, 0.6) is 0 Å². The number of methoxy groups -OCH3 is 1. The zero-order valence-corrected chi connectivity index (χ0v) is 17.1. The Balaban J connectivity index is 1.43. The largest absolute Gasteiger partial charge is 0.383 e. The van der Waals surface area contributed by atoms with Crippen LogP contribution < -0.4 is 4.90 Å². The minimum Gasteiger partial charge on any atom is -0.383 e. The Morgan fingerprint density at radius 3 is 2.48 bits per heavy atom. The van der Waals surface area contributed by atoms with Crippen molar-refractivity contribution in [3.8, 4) is 0 Å². The van der Waals surface area contributed by atoms with Gasteiger partial charge in [0.15, 0.2) is 0 Å². The molecule has 0 radical (unpaired) electrons. The van der Waals surface area contributed by atoms with Gasteiger partial charge in [0.05, 0.1) is 30.0 Å². The number of amides is 3. The third kappa shape index (κ3) is 3.88. The molecule has 1 aromatic carbocycles. The number of ether oxygens (including phenoxy) is 1. The molecule has 2 fully saturated rings. The molecule has 0 N–H and O–H groups in total. The summed E-state index contributed by atoms with van der Waals surface area (Å²) in [6, 6.07) is 5.45. The van der Waals surface area contributed by atoms with E-state index in [1.165, 1.54) is 30.6 Å². The lowest BCUT2D eigenvalue weighted by Crippen LogP contribution is -2.49. The fraction of sp³-hybridized carbons (Fsp3) is 0.591. The molecule has 0 spiro atoms. The van der Waals surface area contributed by atoms with E-state index in [4.69, 9.17) is 4.74 Å². The van der Waals surface area contributed by atoms with Crippen LogP contribution in [0.1, 0.15) is 52.8 Å². The molecule has 0 atom stereocenters. The topological polar surface area (TPSA) is 70.2 Å². The maximum Gasteiger partial charge on any atom is 0.263 e. The van der Waals surface area contributed by atoms with E-state index < -0.39 is 0 Å².